The molecule has 0 radical (unpaired) electrons. The van der Waals surface area contributed by atoms with Gasteiger partial charge in [0.15, 0.2) is 0 Å². The van der Waals surface area contributed by atoms with Gasteiger partial charge in [0, 0.05) is 12.7 Å². The van der Waals surface area contributed by atoms with Gasteiger partial charge in [-0.15, -0.1) is 0 Å². The first kappa shape index (κ1) is 12.3. The Kier molecular flexibility index (Phi) is 3.97. The van der Waals surface area contributed by atoms with E-state index in [1.807, 2.05) is 0 Å². The molecule has 92 valence electrons. The summed E-state index contributed by atoms with van der Waals surface area (Å²) in [5, 5.41) is 9.64. The number of likely N-dealkylation sites (tertiary alicyclic amines) is 1. The molecule has 1 atom stereocenters. The average Bonchev–Trinajstić information content (AvgIpc) is 2.39. The smallest absolute Gasteiger partial charge is 0.255 e. The first-order valence-corrected chi connectivity index (χ1v) is 6.13. The molecule has 0 aromatic carbocycles. The number of hydrogen-bond donors (Lipinski definition) is 1. The fourth-order valence-corrected chi connectivity index (χ4v) is 2.24. The Morgan fingerprint density at radius 2 is 2.35 bits per heavy atom. The minimum Gasteiger partial charge on any atom is -0.394 e. The van der Waals surface area contributed by atoms with Crippen molar-refractivity contribution in [2.75, 3.05) is 13.2 Å². The molecule has 4 nitrogen and oxygen atoms in total. The summed E-state index contributed by atoms with van der Waals surface area (Å²) in [7, 11) is 0. The van der Waals surface area contributed by atoms with Crippen LogP contribution in [0.15, 0.2) is 18.3 Å². The Hall–Kier alpha value is -1.13. The molecule has 2 heterocycles. The third kappa shape index (κ3) is 2.76. The molecule has 1 fully saturated rings. The van der Waals surface area contributed by atoms with Gasteiger partial charge in [0.05, 0.1) is 18.2 Å². The van der Waals surface area contributed by atoms with Crippen molar-refractivity contribution in [3.05, 3.63) is 29.0 Å². The summed E-state index contributed by atoms with van der Waals surface area (Å²) >= 11 is 5.68. The Labute approximate surface area is 105 Å². The second-order valence-electron chi connectivity index (χ2n) is 4.20. The zero-order chi connectivity index (χ0) is 12.3. The molecule has 0 bridgehead atoms. The molecular formula is C12H15ClN2O2. The lowest BCUT2D eigenvalue weighted by Gasteiger charge is -2.34. The molecule has 1 aliphatic rings. The van der Waals surface area contributed by atoms with Crippen molar-refractivity contribution in [1.82, 2.24) is 9.88 Å². The molecule has 5 heteroatoms. The summed E-state index contributed by atoms with van der Waals surface area (Å²) in [6.45, 7) is 0.722. The van der Waals surface area contributed by atoms with Gasteiger partial charge in [0.25, 0.3) is 5.91 Å². The molecule has 1 amide bonds. The second kappa shape index (κ2) is 5.47. The van der Waals surface area contributed by atoms with Crippen LogP contribution in [0, 0.1) is 0 Å². The molecule has 17 heavy (non-hydrogen) atoms. The minimum atomic E-state index is -0.0760. The summed E-state index contributed by atoms with van der Waals surface area (Å²) in [6, 6.07) is 3.21. The molecule has 1 aromatic rings. The maximum atomic E-state index is 12.2. The van der Waals surface area contributed by atoms with Crippen molar-refractivity contribution in [3.8, 4) is 0 Å². The van der Waals surface area contributed by atoms with Crippen LogP contribution in [0.5, 0.6) is 0 Å². The Morgan fingerprint density at radius 1 is 1.53 bits per heavy atom. The number of carbonyl (C=O) groups excluding carboxylic acids is 1. The number of aliphatic hydroxyl groups excluding tert-OH is 1. The average molecular weight is 255 g/mol. The summed E-state index contributed by atoms with van der Waals surface area (Å²) in [5.41, 5.74) is 0.523. The molecule has 1 unspecified atom stereocenters. The van der Waals surface area contributed by atoms with Gasteiger partial charge in [-0.2, -0.15) is 0 Å². The fourth-order valence-electron chi connectivity index (χ4n) is 2.13. The number of halogens is 1. The third-order valence-corrected chi connectivity index (χ3v) is 3.30. The van der Waals surface area contributed by atoms with Gasteiger partial charge in [-0.05, 0) is 31.4 Å². The number of hydrogen-bond acceptors (Lipinski definition) is 3. The molecule has 0 saturated carbocycles. The van der Waals surface area contributed by atoms with Crippen LogP contribution < -0.4 is 0 Å². The van der Waals surface area contributed by atoms with E-state index in [4.69, 9.17) is 11.6 Å². The molecule has 1 aromatic heterocycles. The predicted molar refractivity (Wildman–Crippen MR) is 65.0 cm³/mol. The molecule has 0 aliphatic carbocycles. The van der Waals surface area contributed by atoms with Crippen LogP contribution in [-0.4, -0.2) is 40.1 Å². The second-order valence-corrected chi connectivity index (χ2v) is 4.59. The first-order chi connectivity index (χ1) is 8.22. The Balaban J connectivity index is 2.15. The van der Waals surface area contributed by atoms with E-state index in [1.165, 1.54) is 6.20 Å². The van der Waals surface area contributed by atoms with E-state index in [2.05, 4.69) is 4.98 Å². The van der Waals surface area contributed by atoms with Crippen molar-refractivity contribution in [2.45, 2.75) is 25.3 Å². The van der Waals surface area contributed by atoms with Gasteiger partial charge in [-0.25, -0.2) is 4.98 Å². The van der Waals surface area contributed by atoms with Gasteiger partial charge in [-0.1, -0.05) is 11.6 Å². The molecule has 1 N–H and O–H groups in total. The number of rotatable bonds is 2. The highest BCUT2D eigenvalue weighted by atomic mass is 35.5. The largest absolute Gasteiger partial charge is 0.394 e. The molecule has 1 aliphatic heterocycles. The first-order valence-electron chi connectivity index (χ1n) is 5.76. The van der Waals surface area contributed by atoms with Crippen molar-refractivity contribution in [2.24, 2.45) is 0 Å². The molecule has 0 spiro atoms. The van der Waals surface area contributed by atoms with Crippen LogP contribution in [0.3, 0.4) is 0 Å². The van der Waals surface area contributed by atoms with Gasteiger partial charge in [0.1, 0.15) is 5.15 Å². The van der Waals surface area contributed by atoms with E-state index in [0.717, 1.165) is 19.3 Å². The van der Waals surface area contributed by atoms with Crippen molar-refractivity contribution >= 4 is 17.5 Å². The van der Waals surface area contributed by atoms with E-state index >= 15 is 0 Å². The lowest BCUT2D eigenvalue weighted by molar-refractivity contribution is 0.0502. The predicted octanol–water partition coefficient (Wildman–Crippen LogP) is 1.72. The lowest BCUT2D eigenvalue weighted by atomic mass is 10.0. The normalized spacial score (nSPS) is 20.4. The monoisotopic (exact) mass is 254 g/mol. The van der Waals surface area contributed by atoms with Crippen LogP contribution in [0.25, 0.3) is 0 Å². The van der Waals surface area contributed by atoms with Crippen molar-refractivity contribution in [1.29, 1.82) is 0 Å². The van der Waals surface area contributed by atoms with Crippen molar-refractivity contribution < 1.29 is 9.90 Å². The van der Waals surface area contributed by atoms with E-state index in [9.17, 15) is 9.90 Å². The van der Waals surface area contributed by atoms with Gasteiger partial charge in [0.2, 0.25) is 0 Å². The van der Waals surface area contributed by atoms with E-state index < -0.39 is 0 Å². The summed E-state index contributed by atoms with van der Waals surface area (Å²) in [5.74, 6) is -0.0760. The highest BCUT2D eigenvalue weighted by molar-refractivity contribution is 6.29. The fraction of sp³-hybridized carbons (Fsp3) is 0.500. The number of carbonyl (C=O) groups is 1. The van der Waals surface area contributed by atoms with Crippen LogP contribution in [0.1, 0.15) is 29.6 Å². The molecule has 1 saturated heterocycles. The summed E-state index contributed by atoms with van der Waals surface area (Å²) in [4.78, 5) is 17.8. The minimum absolute atomic E-state index is 0.0206. The van der Waals surface area contributed by atoms with Crippen LogP contribution in [0.4, 0.5) is 0 Å². The highest BCUT2D eigenvalue weighted by Crippen LogP contribution is 2.19. The Morgan fingerprint density at radius 3 is 3.00 bits per heavy atom. The standard InChI is InChI=1S/C12H15ClN2O2/c13-11-5-4-9(7-14-11)12(17)15-6-2-1-3-10(15)8-16/h4-5,7,10,16H,1-3,6,8H2. The van der Waals surface area contributed by atoms with E-state index in [0.29, 0.717) is 17.3 Å². The van der Waals surface area contributed by atoms with Crippen LogP contribution >= 0.6 is 11.6 Å². The number of pyridine rings is 1. The number of aliphatic hydroxyl groups is 1. The quantitative estimate of drug-likeness (QED) is 0.818. The Bertz CT molecular complexity index is 394. The number of piperidine rings is 1. The highest BCUT2D eigenvalue weighted by Gasteiger charge is 2.26. The van der Waals surface area contributed by atoms with E-state index in [-0.39, 0.29) is 18.6 Å². The third-order valence-electron chi connectivity index (χ3n) is 3.07. The number of nitrogens with zero attached hydrogens (tertiary/aromatic N) is 2. The molecule has 2 rings (SSSR count). The maximum absolute atomic E-state index is 12.2. The summed E-state index contributed by atoms with van der Waals surface area (Å²) < 4.78 is 0. The molecular weight excluding hydrogens is 240 g/mol. The zero-order valence-corrected chi connectivity index (χ0v) is 10.2. The van der Waals surface area contributed by atoms with Gasteiger partial charge in [-0.3, -0.25) is 4.79 Å². The topological polar surface area (TPSA) is 53.4 Å². The number of aromatic nitrogens is 1. The van der Waals surface area contributed by atoms with Crippen LogP contribution in [0.2, 0.25) is 5.15 Å². The summed E-state index contributed by atoms with van der Waals surface area (Å²) in [6.07, 6.45) is 4.40. The van der Waals surface area contributed by atoms with Gasteiger partial charge < -0.3 is 10.0 Å². The number of amides is 1. The van der Waals surface area contributed by atoms with Crippen LogP contribution in [-0.2, 0) is 0 Å². The SMILES string of the molecule is O=C(c1ccc(Cl)nc1)N1CCCCC1CO. The zero-order valence-electron chi connectivity index (χ0n) is 9.47. The maximum Gasteiger partial charge on any atom is 0.255 e. The van der Waals surface area contributed by atoms with Gasteiger partial charge >= 0.3 is 0 Å². The van der Waals surface area contributed by atoms with Crippen molar-refractivity contribution in [3.63, 3.8) is 0 Å². The lowest BCUT2D eigenvalue weighted by Crippen LogP contribution is -2.45. The van der Waals surface area contributed by atoms with E-state index in [1.54, 1.807) is 17.0 Å².